The van der Waals surface area contributed by atoms with Crippen LogP contribution >= 0.6 is 0 Å². The highest BCUT2D eigenvalue weighted by atomic mass is 32.2. The SMILES string of the molecule is COc1ccc(F)cc1C(=O)NCc1ccc(-c2nc(C3CCS(=O)(=O)CC3)cc3[nH]nc(N)c23)cc1. The zero-order valence-corrected chi connectivity index (χ0v) is 20.9. The third kappa shape index (κ3) is 5.12. The zero-order chi connectivity index (χ0) is 26.2. The minimum Gasteiger partial charge on any atom is -0.496 e. The first-order valence-electron chi connectivity index (χ1n) is 11.8. The lowest BCUT2D eigenvalue weighted by Crippen LogP contribution is -2.23. The standard InChI is InChI=1S/C26H26FN5O4S/c1-36-22-7-6-18(27)12-19(22)26(33)29-14-15-2-4-17(5-3-15)24-23-21(31-32-25(23)28)13-20(30-24)16-8-10-37(34,35)11-9-16/h2-7,12-13,16H,8-11,14H2,1H3,(H,29,33)(H3,28,31,32). The average molecular weight is 524 g/mol. The number of nitrogens with one attached hydrogen (secondary N) is 2. The zero-order valence-electron chi connectivity index (χ0n) is 20.1. The van der Waals surface area contributed by atoms with Crippen molar-refractivity contribution < 1.29 is 22.3 Å². The molecule has 0 aliphatic carbocycles. The number of hydrogen-bond donors (Lipinski definition) is 3. The van der Waals surface area contributed by atoms with E-state index in [4.69, 9.17) is 15.5 Å². The number of aromatic amines is 1. The van der Waals surface area contributed by atoms with Crippen molar-refractivity contribution in [1.82, 2.24) is 20.5 Å². The molecule has 0 unspecified atom stereocenters. The van der Waals surface area contributed by atoms with Crippen molar-refractivity contribution in [2.24, 2.45) is 0 Å². The Kier molecular flexibility index (Phi) is 6.55. The van der Waals surface area contributed by atoms with Crippen molar-refractivity contribution in [1.29, 1.82) is 0 Å². The van der Waals surface area contributed by atoms with Crippen LogP contribution < -0.4 is 15.8 Å². The second-order valence-corrected chi connectivity index (χ2v) is 11.4. The molecule has 0 atom stereocenters. The molecular formula is C26H26FN5O4S. The average Bonchev–Trinajstić information content (AvgIpc) is 3.27. The lowest BCUT2D eigenvalue weighted by Gasteiger charge is -2.22. The summed E-state index contributed by atoms with van der Waals surface area (Å²) in [7, 11) is -1.57. The van der Waals surface area contributed by atoms with E-state index < -0.39 is 21.6 Å². The van der Waals surface area contributed by atoms with Crippen LogP contribution in [-0.2, 0) is 16.4 Å². The first-order valence-corrected chi connectivity index (χ1v) is 13.6. The van der Waals surface area contributed by atoms with Crippen LogP contribution in [0.3, 0.4) is 0 Å². The summed E-state index contributed by atoms with van der Waals surface area (Å²) < 4.78 is 42.6. The summed E-state index contributed by atoms with van der Waals surface area (Å²) in [5, 5.41) is 10.6. The van der Waals surface area contributed by atoms with Crippen molar-refractivity contribution in [2.45, 2.75) is 25.3 Å². The molecule has 2 aromatic carbocycles. The lowest BCUT2D eigenvalue weighted by molar-refractivity contribution is 0.0947. The molecule has 192 valence electrons. The van der Waals surface area contributed by atoms with Crippen LogP contribution in [0.2, 0.25) is 0 Å². The first-order chi connectivity index (χ1) is 17.7. The molecule has 5 rings (SSSR count). The summed E-state index contributed by atoms with van der Waals surface area (Å²) in [4.78, 5) is 17.5. The molecule has 0 spiro atoms. The Morgan fingerprint density at radius 1 is 1.16 bits per heavy atom. The number of nitrogens with zero attached hydrogens (tertiary/aromatic N) is 2. The van der Waals surface area contributed by atoms with E-state index in [2.05, 4.69) is 15.5 Å². The van der Waals surface area contributed by atoms with E-state index in [0.29, 0.717) is 29.7 Å². The molecule has 1 aliphatic rings. The molecule has 9 nitrogen and oxygen atoms in total. The largest absolute Gasteiger partial charge is 0.496 e. The second-order valence-electron chi connectivity index (χ2n) is 9.08. The van der Waals surface area contributed by atoms with E-state index >= 15 is 0 Å². The van der Waals surface area contributed by atoms with Crippen molar-refractivity contribution in [2.75, 3.05) is 24.3 Å². The number of carbonyl (C=O) groups excluding carboxylic acids is 1. The Balaban J connectivity index is 1.38. The maximum atomic E-state index is 13.6. The highest BCUT2D eigenvalue weighted by Crippen LogP contribution is 2.35. The summed E-state index contributed by atoms with van der Waals surface area (Å²) >= 11 is 0. The lowest BCUT2D eigenvalue weighted by atomic mass is 9.96. The number of pyridine rings is 1. The number of benzene rings is 2. The maximum Gasteiger partial charge on any atom is 0.255 e. The predicted molar refractivity (Wildman–Crippen MR) is 138 cm³/mol. The molecule has 11 heteroatoms. The number of nitrogens with two attached hydrogens (primary N) is 1. The third-order valence-corrected chi connectivity index (χ3v) is 8.37. The third-order valence-electron chi connectivity index (χ3n) is 6.65. The summed E-state index contributed by atoms with van der Waals surface area (Å²) in [6.07, 6.45) is 1.05. The number of carbonyl (C=O) groups is 1. The quantitative estimate of drug-likeness (QED) is 0.351. The van der Waals surface area contributed by atoms with Gasteiger partial charge >= 0.3 is 0 Å². The molecule has 0 saturated carbocycles. The van der Waals surface area contributed by atoms with Gasteiger partial charge in [-0.3, -0.25) is 14.9 Å². The fourth-order valence-corrected chi connectivity index (χ4v) is 6.10. The van der Waals surface area contributed by atoms with Crippen molar-refractivity contribution in [3.63, 3.8) is 0 Å². The van der Waals surface area contributed by atoms with E-state index in [1.54, 1.807) is 0 Å². The molecule has 2 aromatic heterocycles. The van der Waals surface area contributed by atoms with Gasteiger partial charge in [0.05, 0.1) is 40.8 Å². The van der Waals surface area contributed by atoms with Crippen LogP contribution in [0, 0.1) is 5.82 Å². The number of nitrogen functional groups attached to an aromatic ring is 1. The molecule has 1 aliphatic heterocycles. The fourth-order valence-electron chi connectivity index (χ4n) is 4.61. The van der Waals surface area contributed by atoms with Gasteiger partial charge < -0.3 is 15.8 Å². The number of H-pyrrole nitrogens is 1. The molecule has 1 amide bonds. The summed E-state index contributed by atoms with van der Waals surface area (Å²) in [6, 6.07) is 13.2. The van der Waals surface area contributed by atoms with Crippen LogP contribution in [0.4, 0.5) is 10.2 Å². The highest BCUT2D eigenvalue weighted by molar-refractivity contribution is 7.91. The van der Waals surface area contributed by atoms with Gasteiger partial charge in [0, 0.05) is 23.7 Å². The van der Waals surface area contributed by atoms with Gasteiger partial charge in [0.25, 0.3) is 5.91 Å². The van der Waals surface area contributed by atoms with Gasteiger partial charge in [0.2, 0.25) is 0 Å². The number of halogens is 1. The topological polar surface area (TPSA) is 140 Å². The fraction of sp³-hybridized carbons (Fsp3) is 0.269. The van der Waals surface area contributed by atoms with Gasteiger partial charge in [-0.05, 0) is 42.7 Å². The summed E-state index contributed by atoms with van der Waals surface area (Å²) in [5.41, 5.74) is 10.1. The number of ether oxygens (including phenoxy) is 1. The van der Waals surface area contributed by atoms with Crippen LogP contribution in [0.25, 0.3) is 22.2 Å². The van der Waals surface area contributed by atoms with Crippen LogP contribution in [0.5, 0.6) is 5.75 Å². The molecule has 37 heavy (non-hydrogen) atoms. The Morgan fingerprint density at radius 2 is 1.89 bits per heavy atom. The van der Waals surface area contributed by atoms with E-state index in [9.17, 15) is 17.6 Å². The van der Waals surface area contributed by atoms with Gasteiger partial charge in [-0.2, -0.15) is 5.10 Å². The second kappa shape index (κ2) is 9.81. The smallest absolute Gasteiger partial charge is 0.255 e. The van der Waals surface area contributed by atoms with Gasteiger partial charge in [0.1, 0.15) is 21.4 Å². The van der Waals surface area contributed by atoms with Gasteiger partial charge in [-0.25, -0.2) is 12.8 Å². The summed E-state index contributed by atoms with van der Waals surface area (Å²) in [6.45, 7) is 0.228. The summed E-state index contributed by atoms with van der Waals surface area (Å²) in [5.74, 6) is -0.0139. The molecule has 0 bridgehead atoms. The Bertz CT molecular complexity index is 1570. The minimum absolute atomic E-state index is 0.0329. The maximum absolute atomic E-state index is 13.6. The number of sulfone groups is 1. The number of fused-ring (bicyclic) bond motifs is 1. The Labute approximate surface area is 213 Å². The molecular weight excluding hydrogens is 497 g/mol. The van der Waals surface area contributed by atoms with Crippen LogP contribution in [-0.4, -0.2) is 48.1 Å². The number of methoxy groups -OCH3 is 1. The number of hydrogen-bond acceptors (Lipinski definition) is 7. The number of anilines is 1. The first kappa shape index (κ1) is 24.7. The molecule has 0 radical (unpaired) electrons. The van der Waals surface area contributed by atoms with Crippen LogP contribution in [0.15, 0.2) is 48.5 Å². The van der Waals surface area contributed by atoms with Crippen molar-refractivity contribution >= 4 is 32.5 Å². The van der Waals surface area contributed by atoms with E-state index in [1.807, 2.05) is 30.3 Å². The molecule has 4 aromatic rings. The van der Waals surface area contributed by atoms with E-state index in [1.165, 1.54) is 19.2 Å². The predicted octanol–water partition coefficient (Wildman–Crippen LogP) is 3.58. The van der Waals surface area contributed by atoms with Crippen LogP contribution in [0.1, 0.15) is 40.4 Å². The van der Waals surface area contributed by atoms with Gasteiger partial charge in [-0.1, -0.05) is 24.3 Å². The molecule has 1 saturated heterocycles. The van der Waals surface area contributed by atoms with Crippen molar-refractivity contribution in [3.8, 4) is 17.0 Å². The van der Waals surface area contributed by atoms with E-state index in [-0.39, 0.29) is 35.3 Å². The number of rotatable bonds is 6. The number of aromatic nitrogens is 3. The highest BCUT2D eigenvalue weighted by Gasteiger charge is 2.27. The Hall–Kier alpha value is -3.99. The molecule has 3 heterocycles. The van der Waals surface area contributed by atoms with Gasteiger partial charge in [0.15, 0.2) is 5.82 Å². The molecule has 4 N–H and O–H groups in total. The van der Waals surface area contributed by atoms with Gasteiger partial charge in [-0.15, -0.1) is 0 Å². The minimum atomic E-state index is -2.99. The monoisotopic (exact) mass is 523 g/mol. The molecule has 1 fully saturated rings. The van der Waals surface area contributed by atoms with Crippen molar-refractivity contribution in [3.05, 3.63) is 71.2 Å². The van der Waals surface area contributed by atoms with E-state index in [0.717, 1.165) is 28.4 Å². The number of amides is 1. The Morgan fingerprint density at radius 3 is 2.59 bits per heavy atom. The normalized spacial score (nSPS) is 15.5.